The van der Waals surface area contributed by atoms with Crippen LogP contribution in [-0.2, 0) is 19.6 Å². The molecule has 0 saturated heterocycles. The maximum atomic E-state index is 6.57. The van der Waals surface area contributed by atoms with Gasteiger partial charge in [0, 0.05) is 28.3 Å². The zero-order valence-corrected chi connectivity index (χ0v) is 21.0. The Balaban J connectivity index is 1.34. The molecule has 0 amide bonds. The van der Waals surface area contributed by atoms with E-state index in [2.05, 4.69) is 45.1 Å². The third kappa shape index (κ3) is 4.59. The molecule has 10 heteroatoms. The number of tetrazole rings is 1. The van der Waals surface area contributed by atoms with E-state index in [-0.39, 0.29) is 6.61 Å². The fourth-order valence-electron chi connectivity index (χ4n) is 4.09. The number of aromatic amines is 1. The molecule has 0 fully saturated rings. The molecule has 35 heavy (non-hydrogen) atoms. The van der Waals surface area contributed by atoms with E-state index in [4.69, 9.17) is 37.9 Å². The smallest absolute Gasteiger partial charge is 0.206 e. The first-order chi connectivity index (χ1) is 16.9. The van der Waals surface area contributed by atoms with Crippen LogP contribution in [0, 0.1) is 13.8 Å². The number of halogens is 2. The third-order valence-electron chi connectivity index (χ3n) is 5.84. The van der Waals surface area contributed by atoms with Gasteiger partial charge in [-0.25, -0.2) is 9.97 Å². The molecule has 8 nitrogen and oxygen atoms in total. The van der Waals surface area contributed by atoms with Gasteiger partial charge in [-0.15, -0.1) is 10.2 Å². The molecular weight excluding hydrogens is 485 g/mol. The predicted octanol–water partition coefficient (Wildman–Crippen LogP) is 5.72. The van der Waals surface area contributed by atoms with Crippen LogP contribution in [0.4, 0.5) is 0 Å². The maximum absolute atomic E-state index is 6.57. The van der Waals surface area contributed by atoms with Gasteiger partial charge >= 0.3 is 0 Å². The summed E-state index contributed by atoms with van der Waals surface area (Å²) >= 11 is 13.0. The first kappa shape index (κ1) is 23.3. The molecule has 5 aromatic rings. The minimum absolute atomic E-state index is 0.206. The summed E-state index contributed by atoms with van der Waals surface area (Å²) in [6.45, 7) is 7.09. The van der Waals surface area contributed by atoms with E-state index in [1.165, 1.54) is 0 Å². The maximum Gasteiger partial charge on any atom is 0.206 e. The Bertz CT molecular complexity index is 1500. The van der Waals surface area contributed by atoms with Crippen LogP contribution in [0.5, 0.6) is 5.75 Å². The third-order valence-corrected chi connectivity index (χ3v) is 6.62. The molecule has 0 aliphatic carbocycles. The summed E-state index contributed by atoms with van der Waals surface area (Å²) in [5.74, 6) is 2.13. The number of fused-ring (bicyclic) bond motifs is 1. The van der Waals surface area contributed by atoms with Crippen LogP contribution in [0.15, 0.2) is 42.5 Å². The van der Waals surface area contributed by atoms with E-state index in [0.29, 0.717) is 39.3 Å². The van der Waals surface area contributed by atoms with Crippen molar-refractivity contribution in [3.05, 3.63) is 80.7 Å². The number of aromatic nitrogens is 7. The van der Waals surface area contributed by atoms with Crippen molar-refractivity contribution in [2.24, 2.45) is 0 Å². The van der Waals surface area contributed by atoms with Crippen molar-refractivity contribution in [1.82, 2.24) is 35.2 Å². The van der Waals surface area contributed by atoms with Crippen LogP contribution in [0.2, 0.25) is 10.0 Å². The van der Waals surface area contributed by atoms with Crippen molar-refractivity contribution in [3.8, 4) is 17.1 Å². The summed E-state index contributed by atoms with van der Waals surface area (Å²) in [7, 11) is 0. The molecule has 0 aliphatic heterocycles. The number of ether oxygens (including phenoxy) is 1. The number of hydrogen-bond acceptors (Lipinski definition) is 6. The predicted molar refractivity (Wildman–Crippen MR) is 136 cm³/mol. The largest absolute Gasteiger partial charge is 0.489 e. The molecule has 0 atom stereocenters. The van der Waals surface area contributed by atoms with E-state index in [0.717, 1.165) is 40.2 Å². The fraction of sp³-hybridized carbons (Fsp3) is 0.240. The number of hydrogen-bond donors (Lipinski definition) is 1. The monoisotopic (exact) mass is 507 g/mol. The average Bonchev–Trinajstić information content (AvgIpc) is 3.49. The number of pyridine rings is 1. The molecule has 5 rings (SSSR count). The normalized spacial score (nSPS) is 11.3. The second-order valence-electron chi connectivity index (χ2n) is 8.28. The van der Waals surface area contributed by atoms with Gasteiger partial charge in [-0.1, -0.05) is 42.3 Å². The Hall–Kier alpha value is -3.49. The van der Waals surface area contributed by atoms with Gasteiger partial charge in [0.15, 0.2) is 5.65 Å². The molecule has 0 aliphatic rings. The Morgan fingerprint density at radius 1 is 1.03 bits per heavy atom. The Labute approximate surface area is 212 Å². The Morgan fingerprint density at radius 3 is 2.54 bits per heavy atom. The number of nitrogens with one attached hydrogen (secondary N) is 1. The van der Waals surface area contributed by atoms with Crippen LogP contribution in [-0.4, -0.2) is 35.2 Å². The van der Waals surface area contributed by atoms with Crippen molar-refractivity contribution in [2.45, 2.75) is 40.3 Å². The fourth-order valence-corrected chi connectivity index (χ4v) is 4.66. The lowest BCUT2D eigenvalue weighted by molar-refractivity contribution is 0.306. The van der Waals surface area contributed by atoms with Gasteiger partial charge in [0.05, 0.1) is 11.6 Å². The number of H-pyrrole nitrogens is 1. The van der Waals surface area contributed by atoms with Crippen LogP contribution < -0.4 is 4.74 Å². The number of aryl methyl sites for hydroxylation is 3. The summed E-state index contributed by atoms with van der Waals surface area (Å²) in [4.78, 5) is 9.59. The molecule has 0 spiro atoms. The van der Waals surface area contributed by atoms with Gasteiger partial charge in [0.2, 0.25) is 5.82 Å². The standard InChI is InChI=1S/C25H23Cl2N7O/c1-4-21-29-23-14(2)11-15(3)28-25(23)34(21)12-16-5-7-17(8-6-16)35-13-19-20(26)10-9-18(22(19)27)24-30-32-33-31-24/h5-11H,4,12-13H2,1-3H3,(H,30,31,32,33). The number of benzene rings is 2. The van der Waals surface area contributed by atoms with Gasteiger partial charge < -0.3 is 9.30 Å². The molecular formula is C25H23Cl2N7O. The number of nitrogens with zero attached hydrogens (tertiary/aromatic N) is 6. The quantitative estimate of drug-likeness (QED) is 0.302. The molecule has 0 bridgehead atoms. The second-order valence-corrected chi connectivity index (χ2v) is 9.06. The lowest BCUT2D eigenvalue weighted by atomic mass is 10.1. The summed E-state index contributed by atoms with van der Waals surface area (Å²) in [6.07, 6.45) is 0.834. The molecule has 2 aromatic carbocycles. The molecule has 0 saturated carbocycles. The van der Waals surface area contributed by atoms with E-state index in [9.17, 15) is 0 Å². The van der Waals surface area contributed by atoms with Crippen molar-refractivity contribution >= 4 is 34.4 Å². The minimum atomic E-state index is 0.206. The first-order valence-electron chi connectivity index (χ1n) is 11.2. The molecule has 0 unspecified atom stereocenters. The first-order valence-corrected chi connectivity index (χ1v) is 12.0. The average molecular weight is 508 g/mol. The lowest BCUT2D eigenvalue weighted by Gasteiger charge is -2.12. The molecule has 3 heterocycles. The van der Waals surface area contributed by atoms with E-state index in [1.54, 1.807) is 12.1 Å². The lowest BCUT2D eigenvalue weighted by Crippen LogP contribution is -2.06. The van der Waals surface area contributed by atoms with Gasteiger partial charge in [0.25, 0.3) is 0 Å². The van der Waals surface area contributed by atoms with Crippen LogP contribution in [0.25, 0.3) is 22.6 Å². The number of rotatable bonds is 7. The summed E-state index contributed by atoms with van der Waals surface area (Å²) < 4.78 is 8.19. The highest BCUT2D eigenvalue weighted by molar-refractivity contribution is 6.37. The Morgan fingerprint density at radius 2 is 1.83 bits per heavy atom. The summed E-state index contributed by atoms with van der Waals surface area (Å²) in [5.41, 5.74) is 6.44. The zero-order chi connectivity index (χ0) is 24.5. The van der Waals surface area contributed by atoms with E-state index < -0.39 is 0 Å². The Kier molecular flexibility index (Phi) is 6.40. The van der Waals surface area contributed by atoms with E-state index in [1.807, 2.05) is 31.2 Å². The molecule has 0 radical (unpaired) electrons. The van der Waals surface area contributed by atoms with Gasteiger partial charge in [0.1, 0.15) is 23.7 Å². The molecule has 3 aromatic heterocycles. The summed E-state index contributed by atoms with van der Waals surface area (Å²) in [6, 6.07) is 13.5. The zero-order valence-electron chi connectivity index (χ0n) is 19.5. The van der Waals surface area contributed by atoms with Crippen molar-refractivity contribution in [2.75, 3.05) is 0 Å². The molecule has 178 valence electrons. The summed E-state index contributed by atoms with van der Waals surface area (Å²) in [5, 5.41) is 14.9. The number of imidazole rings is 1. The van der Waals surface area contributed by atoms with Gasteiger partial charge in [-0.3, -0.25) is 0 Å². The highest BCUT2D eigenvalue weighted by atomic mass is 35.5. The van der Waals surface area contributed by atoms with Crippen molar-refractivity contribution < 1.29 is 4.74 Å². The topological polar surface area (TPSA) is 94.4 Å². The SMILES string of the molecule is CCc1nc2c(C)cc(C)nc2n1Cc1ccc(OCc2c(Cl)ccc(-c3nn[nH]n3)c2Cl)cc1. The van der Waals surface area contributed by atoms with Crippen molar-refractivity contribution in [1.29, 1.82) is 0 Å². The minimum Gasteiger partial charge on any atom is -0.489 e. The van der Waals surface area contributed by atoms with Crippen LogP contribution in [0.3, 0.4) is 0 Å². The van der Waals surface area contributed by atoms with E-state index >= 15 is 0 Å². The van der Waals surface area contributed by atoms with Crippen LogP contribution >= 0.6 is 23.2 Å². The second kappa shape index (κ2) is 9.64. The van der Waals surface area contributed by atoms with Crippen molar-refractivity contribution in [3.63, 3.8) is 0 Å². The van der Waals surface area contributed by atoms with Crippen LogP contribution in [0.1, 0.15) is 35.1 Å². The highest BCUT2D eigenvalue weighted by Gasteiger charge is 2.16. The van der Waals surface area contributed by atoms with Gasteiger partial charge in [-0.2, -0.15) is 5.21 Å². The highest BCUT2D eigenvalue weighted by Crippen LogP contribution is 2.34. The van der Waals surface area contributed by atoms with Gasteiger partial charge in [-0.05, 0) is 60.5 Å². The molecule has 1 N–H and O–H groups in total.